The molecule has 3 N–H and O–H groups in total. The SMILES string of the molecule is [2H]C([2H])([2H])N1C([2H])([2H])C([2H])([2H])C(c2c[nH]c3cccc(OP(=O)(O)O)c23)C([2H])([2H])C1([2H])[2H]. The Morgan fingerprint density at radius 1 is 1.48 bits per heavy atom. The minimum absolute atomic E-state index is 0.122. The van der Waals surface area contributed by atoms with Gasteiger partial charge in [0.05, 0.1) is 0 Å². The Morgan fingerprint density at radius 3 is 2.90 bits per heavy atom. The minimum atomic E-state index is -5.11. The third-order valence-corrected chi connectivity index (χ3v) is 3.30. The number of hydrogen-bond acceptors (Lipinski definition) is 3. The lowest BCUT2D eigenvalue weighted by Gasteiger charge is -2.29. The molecule has 6 nitrogen and oxygen atoms in total. The van der Waals surface area contributed by atoms with Gasteiger partial charge in [-0.1, -0.05) is 6.07 Å². The first-order valence-electron chi connectivity index (χ1n) is 11.3. The van der Waals surface area contributed by atoms with Gasteiger partial charge in [0, 0.05) is 32.2 Å². The molecule has 0 radical (unpaired) electrons. The molecule has 1 aliphatic heterocycles. The van der Waals surface area contributed by atoms with E-state index in [1.54, 1.807) is 0 Å². The summed E-state index contributed by atoms with van der Waals surface area (Å²) < 4.78 is 105. The monoisotopic (exact) mass is 321 g/mol. The van der Waals surface area contributed by atoms with Gasteiger partial charge in [-0.05, 0) is 56.3 Å². The van der Waals surface area contributed by atoms with Crippen molar-refractivity contribution in [1.29, 1.82) is 0 Å². The molecule has 2 heterocycles. The molecule has 3 rings (SSSR count). The summed E-state index contributed by atoms with van der Waals surface area (Å²) in [6.45, 7) is -10.6. The maximum Gasteiger partial charge on any atom is 0.524 e. The number of benzene rings is 1. The molecule has 1 aromatic heterocycles. The first-order chi connectivity index (χ1) is 14.2. The lowest BCUT2D eigenvalue weighted by atomic mass is 9.89. The highest BCUT2D eigenvalue weighted by Gasteiger charge is 2.25. The van der Waals surface area contributed by atoms with E-state index in [0.717, 1.165) is 12.3 Å². The summed E-state index contributed by atoms with van der Waals surface area (Å²) in [7, 11) is -5.11. The Labute approximate surface area is 138 Å². The van der Waals surface area contributed by atoms with Crippen LogP contribution < -0.4 is 4.52 Å². The number of fused-ring (bicyclic) bond motifs is 1. The van der Waals surface area contributed by atoms with Gasteiger partial charge in [0.2, 0.25) is 0 Å². The lowest BCUT2D eigenvalue weighted by Crippen LogP contribution is -2.29. The number of aromatic nitrogens is 1. The Hall–Kier alpha value is -1.33. The van der Waals surface area contributed by atoms with E-state index in [0.29, 0.717) is 0 Å². The van der Waals surface area contributed by atoms with E-state index in [2.05, 4.69) is 9.51 Å². The largest absolute Gasteiger partial charge is 0.524 e. The third kappa shape index (κ3) is 3.14. The Morgan fingerprint density at radius 2 is 2.24 bits per heavy atom. The molecule has 0 unspecified atom stereocenters. The lowest BCUT2D eigenvalue weighted by molar-refractivity contribution is 0.256. The van der Waals surface area contributed by atoms with Crippen LogP contribution >= 0.6 is 7.82 Å². The maximum atomic E-state index is 11.4. The second-order valence-electron chi connectivity index (χ2n) is 4.29. The average Bonchev–Trinajstić information content (AvgIpc) is 2.94. The highest BCUT2D eigenvalue weighted by Crippen LogP contribution is 2.44. The molecule has 114 valence electrons. The van der Waals surface area contributed by atoms with Gasteiger partial charge in [-0.3, -0.25) is 9.79 Å². The number of phosphoric acid groups is 1. The summed E-state index contributed by atoms with van der Waals surface area (Å²) in [4.78, 5) is 20.6. The highest BCUT2D eigenvalue weighted by molar-refractivity contribution is 7.46. The maximum absolute atomic E-state index is 11.4. The first-order valence-corrected chi connectivity index (χ1v) is 7.36. The number of piperidine rings is 1. The fourth-order valence-corrected chi connectivity index (χ4v) is 2.49. The molecular formula is C14H19N2O4P. The van der Waals surface area contributed by atoms with Gasteiger partial charge in [-0.2, -0.15) is 0 Å². The number of aromatic amines is 1. The van der Waals surface area contributed by atoms with E-state index in [9.17, 15) is 14.4 Å². The Balaban J connectivity index is 2.36. The zero-order chi connectivity index (χ0) is 24.7. The van der Waals surface area contributed by atoms with Gasteiger partial charge < -0.3 is 14.4 Å². The average molecular weight is 321 g/mol. The number of hydrogen-bond donors (Lipinski definition) is 3. The smallest absolute Gasteiger partial charge is 0.404 e. The molecule has 1 aliphatic rings. The summed E-state index contributed by atoms with van der Waals surface area (Å²) in [6, 6.07) is 3.86. The standard InChI is InChI=1S/C14H19N2O4P/c1-16-7-5-10(6-8-16)11-9-15-12-3-2-4-13(14(11)12)20-21(17,18)19/h2-4,9-10,15H,5-8H2,1H3,(H2,17,18,19)/i1D3,5D2,6D2,7D2,8D2. The van der Waals surface area contributed by atoms with Crippen LogP contribution in [0.25, 0.3) is 10.9 Å². The third-order valence-electron chi connectivity index (χ3n) is 2.87. The fourth-order valence-electron chi connectivity index (χ4n) is 2.09. The predicted molar refractivity (Wildman–Crippen MR) is 80.4 cm³/mol. The van der Waals surface area contributed by atoms with Crippen LogP contribution in [0, 0.1) is 0 Å². The van der Waals surface area contributed by atoms with Gasteiger partial charge in [0.25, 0.3) is 0 Å². The van der Waals surface area contributed by atoms with E-state index in [1.807, 2.05) is 0 Å². The Bertz CT molecular complexity index is 1070. The van der Waals surface area contributed by atoms with Crippen molar-refractivity contribution in [3.63, 3.8) is 0 Å². The van der Waals surface area contributed by atoms with Crippen LogP contribution in [0.4, 0.5) is 0 Å². The number of nitrogens with one attached hydrogen (secondary N) is 1. The molecular weight excluding hydrogens is 291 g/mol. The van der Waals surface area contributed by atoms with Crippen LogP contribution in [-0.4, -0.2) is 39.6 Å². The van der Waals surface area contributed by atoms with Gasteiger partial charge in [0.15, 0.2) is 0 Å². The van der Waals surface area contributed by atoms with Gasteiger partial charge in [-0.25, -0.2) is 4.57 Å². The van der Waals surface area contributed by atoms with Gasteiger partial charge >= 0.3 is 7.82 Å². The summed E-state index contributed by atoms with van der Waals surface area (Å²) in [5.41, 5.74) is -0.256. The normalized spacial score (nSPS) is 36.2. The molecule has 1 fully saturated rings. The second kappa shape index (κ2) is 5.46. The van der Waals surface area contributed by atoms with Crippen molar-refractivity contribution in [1.82, 2.24) is 9.88 Å². The fraction of sp³-hybridized carbons (Fsp3) is 0.429. The molecule has 1 saturated heterocycles. The van der Waals surface area contributed by atoms with Gasteiger partial charge in [-0.15, -0.1) is 0 Å². The van der Waals surface area contributed by atoms with E-state index >= 15 is 0 Å². The Kier molecular flexibility index (Phi) is 1.67. The number of H-pyrrole nitrogens is 1. The van der Waals surface area contributed by atoms with Crippen molar-refractivity contribution in [2.75, 3.05) is 20.0 Å². The molecule has 2 aromatic rings. The number of nitrogens with zero attached hydrogens (tertiary/aromatic N) is 1. The zero-order valence-electron chi connectivity index (χ0n) is 21.5. The summed E-state index contributed by atoms with van der Waals surface area (Å²) in [6.07, 6.45) is -5.61. The molecule has 0 bridgehead atoms. The number of phosphoric ester groups is 1. The van der Waals surface area contributed by atoms with E-state index < -0.39 is 57.1 Å². The first kappa shape index (κ1) is 6.42. The van der Waals surface area contributed by atoms with Crippen molar-refractivity contribution in [2.24, 2.45) is 0 Å². The second-order valence-corrected chi connectivity index (χ2v) is 5.45. The molecule has 0 aliphatic carbocycles. The van der Waals surface area contributed by atoms with Crippen molar-refractivity contribution in [3.05, 3.63) is 30.0 Å². The van der Waals surface area contributed by atoms with E-state index in [4.69, 9.17) is 15.1 Å². The van der Waals surface area contributed by atoms with Crippen LogP contribution in [0.3, 0.4) is 0 Å². The number of likely N-dealkylation sites (tertiary alicyclic amines) is 1. The van der Waals surface area contributed by atoms with Crippen LogP contribution in [-0.2, 0) is 4.57 Å². The molecule has 7 heteroatoms. The summed E-state index contributed by atoms with van der Waals surface area (Å²) >= 11 is 0. The minimum Gasteiger partial charge on any atom is -0.404 e. The van der Waals surface area contributed by atoms with Crippen molar-refractivity contribution in [3.8, 4) is 5.75 Å². The van der Waals surface area contributed by atoms with Crippen LogP contribution in [0.15, 0.2) is 24.4 Å². The van der Waals surface area contributed by atoms with Crippen molar-refractivity contribution < 1.29 is 34.0 Å². The summed E-state index contributed by atoms with van der Waals surface area (Å²) in [5, 5.41) is -0.206. The molecule has 1 aromatic carbocycles. The molecule has 0 amide bonds. The quantitative estimate of drug-likeness (QED) is 0.756. The van der Waals surface area contributed by atoms with Crippen molar-refractivity contribution >= 4 is 18.7 Å². The van der Waals surface area contributed by atoms with Crippen molar-refractivity contribution in [2.45, 2.75) is 18.7 Å². The van der Waals surface area contributed by atoms with E-state index in [-0.39, 0.29) is 16.5 Å². The number of rotatable bonds is 3. The predicted octanol–water partition coefficient (Wildman–Crippen LogP) is 2.45. The van der Waals surface area contributed by atoms with Crippen LogP contribution in [0.2, 0.25) is 0 Å². The summed E-state index contributed by atoms with van der Waals surface area (Å²) in [5.74, 6) is -2.73. The van der Waals surface area contributed by atoms with Gasteiger partial charge in [0.1, 0.15) is 5.75 Å². The topological polar surface area (TPSA) is 85.8 Å². The molecule has 21 heavy (non-hydrogen) atoms. The highest BCUT2D eigenvalue weighted by atomic mass is 31.2. The molecule has 0 saturated carbocycles. The van der Waals surface area contributed by atoms with E-state index in [1.165, 1.54) is 12.1 Å². The molecule has 0 spiro atoms. The zero-order valence-corrected chi connectivity index (χ0v) is 11.4. The van der Waals surface area contributed by atoms with Crippen LogP contribution in [0.5, 0.6) is 5.75 Å². The molecule has 0 atom stereocenters. The van der Waals surface area contributed by atoms with Crippen LogP contribution in [0.1, 0.15) is 39.3 Å².